The molecule has 0 fully saturated rings. The number of hydrogen-bond donors (Lipinski definition) is 2. The van der Waals surface area contributed by atoms with Crippen LogP contribution in [0.25, 0.3) is 0 Å². The molecule has 5 nitrogen and oxygen atoms in total. The van der Waals surface area contributed by atoms with Crippen molar-refractivity contribution in [3.05, 3.63) is 16.6 Å². The standard InChI is InChI=1S/C11H16N2O3S/c1-2-3-4-9(11(15)16)13-10(14)5-8-6-12-7-17-8/h6-7,9H,2-5H2,1H3,(H,13,14)(H,15,16)/t9-/m0/s1. The van der Waals surface area contributed by atoms with Crippen LogP contribution in [0, 0.1) is 0 Å². The number of aliphatic carboxylic acids is 1. The molecule has 1 aromatic rings. The van der Waals surface area contributed by atoms with Gasteiger partial charge < -0.3 is 10.4 Å². The van der Waals surface area contributed by atoms with Crippen LogP contribution in [0.4, 0.5) is 0 Å². The van der Waals surface area contributed by atoms with Gasteiger partial charge in [-0.15, -0.1) is 11.3 Å². The number of unbranched alkanes of at least 4 members (excludes halogenated alkanes) is 1. The Labute approximate surface area is 104 Å². The lowest BCUT2D eigenvalue weighted by atomic mass is 10.1. The van der Waals surface area contributed by atoms with Crippen molar-refractivity contribution in [3.63, 3.8) is 0 Å². The molecular formula is C11H16N2O3S. The van der Waals surface area contributed by atoms with Crippen LogP contribution in [0.15, 0.2) is 11.7 Å². The van der Waals surface area contributed by atoms with E-state index in [4.69, 9.17) is 5.11 Å². The molecule has 1 amide bonds. The number of amides is 1. The van der Waals surface area contributed by atoms with Gasteiger partial charge in [0, 0.05) is 11.1 Å². The van der Waals surface area contributed by atoms with E-state index in [2.05, 4.69) is 10.3 Å². The third-order valence-electron chi connectivity index (χ3n) is 2.30. The number of carbonyl (C=O) groups excluding carboxylic acids is 1. The van der Waals surface area contributed by atoms with Crippen molar-refractivity contribution >= 4 is 23.2 Å². The predicted molar refractivity (Wildman–Crippen MR) is 64.9 cm³/mol. The molecule has 1 rings (SSSR count). The number of thiazole rings is 1. The number of aromatic nitrogens is 1. The number of carboxylic acid groups (broad SMARTS) is 1. The summed E-state index contributed by atoms with van der Waals surface area (Å²) >= 11 is 1.39. The summed E-state index contributed by atoms with van der Waals surface area (Å²) in [4.78, 5) is 27.2. The highest BCUT2D eigenvalue weighted by Crippen LogP contribution is 2.07. The van der Waals surface area contributed by atoms with Crippen molar-refractivity contribution in [2.24, 2.45) is 0 Å². The predicted octanol–water partition coefficient (Wildman–Crippen LogP) is 1.45. The molecule has 2 N–H and O–H groups in total. The molecule has 1 atom stereocenters. The maximum absolute atomic E-state index is 11.6. The Hall–Kier alpha value is -1.43. The van der Waals surface area contributed by atoms with Gasteiger partial charge in [0.1, 0.15) is 6.04 Å². The van der Waals surface area contributed by atoms with Crippen molar-refractivity contribution in [2.45, 2.75) is 38.6 Å². The zero-order valence-corrected chi connectivity index (χ0v) is 10.5. The maximum Gasteiger partial charge on any atom is 0.326 e. The summed E-state index contributed by atoms with van der Waals surface area (Å²) in [5.74, 6) is -1.24. The van der Waals surface area contributed by atoms with Gasteiger partial charge in [0.05, 0.1) is 11.9 Å². The SMILES string of the molecule is CCCC[C@H](NC(=O)Cc1cncs1)C(=O)O. The van der Waals surface area contributed by atoms with Crippen LogP contribution >= 0.6 is 11.3 Å². The number of hydrogen-bond acceptors (Lipinski definition) is 4. The lowest BCUT2D eigenvalue weighted by molar-refractivity contribution is -0.141. The highest BCUT2D eigenvalue weighted by Gasteiger charge is 2.19. The van der Waals surface area contributed by atoms with Crippen molar-refractivity contribution < 1.29 is 14.7 Å². The third kappa shape index (κ3) is 4.95. The van der Waals surface area contributed by atoms with Gasteiger partial charge >= 0.3 is 5.97 Å². The van der Waals surface area contributed by atoms with Gasteiger partial charge in [0.2, 0.25) is 5.91 Å². The fourth-order valence-electron chi connectivity index (χ4n) is 1.40. The minimum absolute atomic E-state index is 0.195. The van der Waals surface area contributed by atoms with Crippen LogP contribution in [-0.4, -0.2) is 28.0 Å². The first-order valence-electron chi connectivity index (χ1n) is 5.53. The van der Waals surface area contributed by atoms with Crippen LogP contribution in [0.2, 0.25) is 0 Å². The summed E-state index contributed by atoms with van der Waals surface area (Å²) < 4.78 is 0. The molecular weight excluding hydrogens is 240 g/mol. The Morgan fingerprint density at radius 3 is 2.88 bits per heavy atom. The van der Waals surface area contributed by atoms with E-state index in [0.717, 1.165) is 17.7 Å². The summed E-state index contributed by atoms with van der Waals surface area (Å²) in [6.07, 6.45) is 3.99. The molecule has 0 saturated heterocycles. The van der Waals surface area contributed by atoms with E-state index in [9.17, 15) is 9.59 Å². The van der Waals surface area contributed by atoms with E-state index < -0.39 is 12.0 Å². The van der Waals surface area contributed by atoms with Crippen molar-refractivity contribution in [1.29, 1.82) is 0 Å². The molecule has 0 saturated carbocycles. The van der Waals surface area contributed by atoms with E-state index >= 15 is 0 Å². The largest absolute Gasteiger partial charge is 0.480 e. The van der Waals surface area contributed by atoms with Crippen molar-refractivity contribution in [3.8, 4) is 0 Å². The second kappa shape index (κ2) is 7.01. The normalized spacial score (nSPS) is 12.1. The average molecular weight is 256 g/mol. The summed E-state index contributed by atoms with van der Waals surface area (Å²) in [7, 11) is 0. The van der Waals surface area contributed by atoms with Crippen LogP contribution in [0.1, 0.15) is 31.1 Å². The van der Waals surface area contributed by atoms with Gasteiger partial charge in [-0.2, -0.15) is 0 Å². The van der Waals surface area contributed by atoms with Gasteiger partial charge in [-0.1, -0.05) is 19.8 Å². The molecule has 0 aliphatic carbocycles. The summed E-state index contributed by atoms with van der Waals surface area (Å²) in [5, 5.41) is 11.5. The summed E-state index contributed by atoms with van der Waals surface area (Å²) in [6, 6.07) is -0.782. The molecule has 6 heteroatoms. The van der Waals surface area contributed by atoms with Crippen LogP contribution < -0.4 is 5.32 Å². The number of nitrogens with zero attached hydrogens (tertiary/aromatic N) is 1. The van der Waals surface area contributed by atoms with E-state index in [1.54, 1.807) is 11.7 Å². The Bertz CT molecular complexity index is 365. The first-order valence-corrected chi connectivity index (χ1v) is 6.41. The van der Waals surface area contributed by atoms with Gasteiger partial charge in [-0.25, -0.2) is 4.79 Å². The second-order valence-electron chi connectivity index (χ2n) is 3.75. The van der Waals surface area contributed by atoms with Crippen LogP contribution in [0.5, 0.6) is 0 Å². The fourth-order valence-corrected chi connectivity index (χ4v) is 1.99. The van der Waals surface area contributed by atoms with Gasteiger partial charge in [-0.05, 0) is 6.42 Å². The Morgan fingerprint density at radius 1 is 1.59 bits per heavy atom. The molecule has 0 unspecified atom stereocenters. The Balaban J connectivity index is 2.43. The molecule has 0 spiro atoms. The van der Waals surface area contributed by atoms with E-state index in [0.29, 0.717) is 6.42 Å². The van der Waals surface area contributed by atoms with Gasteiger partial charge in [-0.3, -0.25) is 9.78 Å². The number of rotatable bonds is 7. The quantitative estimate of drug-likeness (QED) is 0.773. The Morgan fingerprint density at radius 2 is 2.35 bits per heavy atom. The van der Waals surface area contributed by atoms with Crippen molar-refractivity contribution in [2.75, 3.05) is 0 Å². The lowest BCUT2D eigenvalue weighted by Gasteiger charge is -2.13. The van der Waals surface area contributed by atoms with E-state index in [-0.39, 0.29) is 12.3 Å². The molecule has 1 heterocycles. The molecule has 0 aliphatic rings. The average Bonchev–Trinajstić information content (AvgIpc) is 2.76. The summed E-state index contributed by atoms with van der Waals surface area (Å²) in [6.45, 7) is 1.98. The van der Waals surface area contributed by atoms with Gasteiger partial charge in [0.15, 0.2) is 0 Å². The highest BCUT2D eigenvalue weighted by atomic mass is 32.1. The monoisotopic (exact) mass is 256 g/mol. The number of carbonyl (C=O) groups is 2. The molecule has 94 valence electrons. The van der Waals surface area contributed by atoms with E-state index in [1.165, 1.54) is 11.3 Å². The van der Waals surface area contributed by atoms with Crippen molar-refractivity contribution in [1.82, 2.24) is 10.3 Å². The smallest absolute Gasteiger partial charge is 0.326 e. The lowest BCUT2D eigenvalue weighted by Crippen LogP contribution is -2.41. The zero-order chi connectivity index (χ0) is 12.7. The molecule has 0 aliphatic heterocycles. The third-order valence-corrected chi connectivity index (χ3v) is 3.08. The highest BCUT2D eigenvalue weighted by molar-refractivity contribution is 7.09. The minimum atomic E-state index is -0.976. The molecule has 17 heavy (non-hydrogen) atoms. The number of carboxylic acids is 1. The fraction of sp³-hybridized carbons (Fsp3) is 0.545. The molecule has 0 aromatic carbocycles. The van der Waals surface area contributed by atoms with Crippen LogP contribution in [-0.2, 0) is 16.0 Å². The maximum atomic E-state index is 11.6. The second-order valence-corrected chi connectivity index (χ2v) is 4.72. The zero-order valence-electron chi connectivity index (χ0n) is 9.68. The topological polar surface area (TPSA) is 79.3 Å². The first-order chi connectivity index (χ1) is 8.13. The molecule has 1 aromatic heterocycles. The Kier molecular flexibility index (Phi) is 5.62. The van der Waals surface area contributed by atoms with Crippen LogP contribution in [0.3, 0.4) is 0 Å². The summed E-state index contributed by atoms with van der Waals surface area (Å²) in [5.41, 5.74) is 1.65. The number of nitrogens with one attached hydrogen (secondary N) is 1. The molecule has 0 bridgehead atoms. The first kappa shape index (κ1) is 13.6. The van der Waals surface area contributed by atoms with Gasteiger partial charge in [0.25, 0.3) is 0 Å². The molecule has 0 radical (unpaired) electrons. The van der Waals surface area contributed by atoms with E-state index in [1.807, 2.05) is 6.92 Å². The minimum Gasteiger partial charge on any atom is -0.480 e.